The molecule has 1 aromatic carbocycles. The number of nitrogens with zero attached hydrogens (tertiary/aromatic N) is 4. The van der Waals surface area contributed by atoms with Crippen molar-refractivity contribution in [1.29, 1.82) is 0 Å². The van der Waals surface area contributed by atoms with Crippen molar-refractivity contribution >= 4 is 52.1 Å². The Morgan fingerprint density at radius 1 is 1.22 bits per heavy atom. The number of fused-ring (bicyclic) bond motifs is 1. The topological polar surface area (TPSA) is 163 Å². The van der Waals surface area contributed by atoms with Crippen LogP contribution in [0, 0.1) is 11.6 Å². The Morgan fingerprint density at radius 3 is 2.47 bits per heavy atom. The van der Waals surface area contributed by atoms with Crippen molar-refractivity contribution < 1.29 is 42.4 Å². The SMILES string of the molecule is Nc1nc(Cl)nc2c1ncn2[C@@H]1O[C@H](COC(Cc2c(F)cc(Cl)cc2F)(C(=O)O)C(=O)O)C[C@@H]1F. The molecule has 1 aliphatic heterocycles. The largest absolute Gasteiger partial charge is 0.479 e. The number of rotatable bonds is 8. The molecule has 3 aromatic rings. The third-order valence-corrected chi connectivity index (χ3v) is 5.95. The van der Waals surface area contributed by atoms with Crippen LogP contribution in [0.25, 0.3) is 11.2 Å². The van der Waals surface area contributed by atoms with Gasteiger partial charge in [-0.15, -0.1) is 0 Å². The Labute approximate surface area is 209 Å². The van der Waals surface area contributed by atoms with E-state index in [0.29, 0.717) is 12.1 Å². The Morgan fingerprint density at radius 2 is 1.86 bits per heavy atom. The van der Waals surface area contributed by atoms with Crippen LogP contribution in [0.2, 0.25) is 10.3 Å². The molecule has 3 atom stereocenters. The van der Waals surface area contributed by atoms with E-state index in [1.165, 1.54) is 10.9 Å². The van der Waals surface area contributed by atoms with E-state index in [1.807, 2.05) is 0 Å². The number of imidazole rings is 1. The van der Waals surface area contributed by atoms with E-state index in [9.17, 15) is 33.0 Å². The Bertz CT molecular complexity index is 1320. The molecule has 3 heterocycles. The first-order valence-corrected chi connectivity index (χ1v) is 10.9. The van der Waals surface area contributed by atoms with Crippen LogP contribution in [0.5, 0.6) is 0 Å². The number of aliphatic carboxylic acids is 2. The van der Waals surface area contributed by atoms with Gasteiger partial charge in [0.05, 0.1) is 19.0 Å². The number of benzene rings is 1. The lowest BCUT2D eigenvalue weighted by molar-refractivity contribution is -0.188. The van der Waals surface area contributed by atoms with Crippen LogP contribution < -0.4 is 5.73 Å². The number of alkyl halides is 1. The molecule has 11 nitrogen and oxygen atoms in total. The van der Waals surface area contributed by atoms with E-state index in [4.69, 9.17) is 38.4 Å². The van der Waals surface area contributed by atoms with Gasteiger partial charge in [0.25, 0.3) is 5.60 Å². The van der Waals surface area contributed by atoms with Gasteiger partial charge in [0, 0.05) is 23.4 Å². The standard InChI is InChI=1S/C20H16Cl2F3N5O6/c21-7-1-10(23)9(11(24)2-7)4-20(17(31)32,18(33)34)35-5-8-3-12(25)16(36-8)30-6-27-13-14(26)28-19(22)29-15(13)30/h1-2,6,8,12,16H,3-5H2,(H,31,32)(H,33,34)(H2,26,28,29)/t8-,12-,16+/m0/s1. The highest BCUT2D eigenvalue weighted by Gasteiger charge is 2.51. The fourth-order valence-electron chi connectivity index (χ4n) is 3.79. The number of carbonyl (C=O) groups is 2. The van der Waals surface area contributed by atoms with Crippen LogP contribution in [0.15, 0.2) is 18.5 Å². The van der Waals surface area contributed by atoms with Crippen molar-refractivity contribution in [2.45, 2.75) is 36.9 Å². The third-order valence-electron chi connectivity index (χ3n) is 5.56. The molecule has 0 aliphatic carbocycles. The molecule has 0 spiro atoms. The highest BCUT2D eigenvalue weighted by atomic mass is 35.5. The van der Waals surface area contributed by atoms with Gasteiger partial charge in [-0.3, -0.25) is 4.57 Å². The zero-order valence-corrected chi connectivity index (χ0v) is 19.4. The van der Waals surface area contributed by atoms with Crippen LogP contribution in [0.3, 0.4) is 0 Å². The monoisotopic (exact) mass is 549 g/mol. The minimum atomic E-state index is -3.11. The molecule has 2 aromatic heterocycles. The van der Waals surface area contributed by atoms with E-state index in [2.05, 4.69) is 15.0 Å². The summed E-state index contributed by atoms with van der Waals surface area (Å²) in [6, 6.07) is 1.40. The van der Waals surface area contributed by atoms with E-state index >= 15 is 0 Å². The Hall–Kier alpha value is -3.20. The number of hydrogen-bond acceptors (Lipinski definition) is 8. The van der Waals surface area contributed by atoms with Gasteiger partial charge in [-0.05, 0) is 23.7 Å². The Balaban J connectivity index is 1.56. The summed E-state index contributed by atoms with van der Waals surface area (Å²) in [5.41, 5.74) is 1.97. The second-order valence-corrected chi connectivity index (χ2v) is 8.65. The summed E-state index contributed by atoms with van der Waals surface area (Å²) in [6.45, 7) is -0.739. The number of aromatic nitrogens is 4. The first kappa shape index (κ1) is 25.9. The average Bonchev–Trinajstić information content (AvgIpc) is 3.35. The van der Waals surface area contributed by atoms with Crippen molar-refractivity contribution in [2.24, 2.45) is 0 Å². The van der Waals surface area contributed by atoms with Gasteiger partial charge in [0.15, 0.2) is 17.7 Å². The van der Waals surface area contributed by atoms with Crippen LogP contribution in [-0.4, -0.2) is 66.2 Å². The number of carboxylic acids is 2. The summed E-state index contributed by atoms with van der Waals surface area (Å²) in [7, 11) is 0. The van der Waals surface area contributed by atoms with Crippen LogP contribution in [0.4, 0.5) is 19.0 Å². The lowest BCUT2D eigenvalue weighted by Crippen LogP contribution is -2.52. The molecule has 0 radical (unpaired) electrons. The summed E-state index contributed by atoms with van der Waals surface area (Å²) in [5, 5.41) is 18.8. The van der Waals surface area contributed by atoms with E-state index < -0.39 is 66.3 Å². The maximum atomic E-state index is 14.9. The highest BCUT2D eigenvalue weighted by Crippen LogP contribution is 2.35. The van der Waals surface area contributed by atoms with Gasteiger partial charge >= 0.3 is 11.9 Å². The van der Waals surface area contributed by atoms with Crippen molar-refractivity contribution in [3.8, 4) is 0 Å². The van der Waals surface area contributed by atoms with Crippen molar-refractivity contribution in [3.05, 3.63) is 46.0 Å². The minimum Gasteiger partial charge on any atom is -0.479 e. The van der Waals surface area contributed by atoms with Crippen LogP contribution in [-0.2, 0) is 25.5 Å². The Kier molecular flexibility index (Phi) is 6.96. The quantitative estimate of drug-likeness (QED) is 0.281. The second-order valence-electron chi connectivity index (χ2n) is 7.88. The number of halogens is 5. The number of carboxylic acid groups (broad SMARTS) is 2. The lowest BCUT2D eigenvalue weighted by atomic mass is 9.93. The van der Waals surface area contributed by atoms with Crippen molar-refractivity contribution in [2.75, 3.05) is 12.3 Å². The summed E-state index contributed by atoms with van der Waals surface area (Å²) in [5.74, 6) is -6.63. The molecule has 192 valence electrons. The number of hydrogen-bond donors (Lipinski definition) is 3. The summed E-state index contributed by atoms with van der Waals surface area (Å²) in [4.78, 5) is 35.6. The number of ether oxygens (including phenoxy) is 2. The average molecular weight is 550 g/mol. The number of nitrogens with two attached hydrogens (primary N) is 1. The molecule has 1 saturated heterocycles. The van der Waals surface area contributed by atoms with Crippen molar-refractivity contribution in [3.63, 3.8) is 0 Å². The zero-order valence-electron chi connectivity index (χ0n) is 17.9. The molecule has 0 unspecified atom stereocenters. The molecule has 0 saturated carbocycles. The predicted octanol–water partition coefficient (Wildman–Crippen LogP) is 2.79. The maximum Gasteiger partial charge on any atom is 0.348 e. The summed E-state index contributed by atoms with van der Waals surface area (Å²) < 4.78 is 55.4. The molecule has 0 bridgehead atoms. The zero-order chi connectivity index (χ0) is 26.4. The second kappa shape index (κ2) is 9.69. The minimum absolute atomic E-state index is 0.0496. The predicted molar refractivity (Wildman–Crippen MR) is 117 cm³/mol. The highest BCUT2D eigenvalue weighted by molar-refractivity contribution is 6.30. The number of nitrogen functional groups attached to an aromatic ring is 1. The van der Waals surface area contributed by atoms with E-state index in [0.717, 1.165) is 0 Å². The third kappa shape index (κ3) is 4.64. The van der Waals surface area contributed by atoms with Gasteiger partial charge in [0.1, 0.15) is 23.3 Å². The van der Waals surface area contributed by atoms with E-state index in [1.54, 1.807) is 0 Å². The van der Waals surface area contributed by atoms with Gasteiger partial charge in [0.2, 0.25) is 5.28 Å². The van der Waals surface area contributed by atoms with E-state index in [-0.39, 0.29) is 33.7 Å². The fraction of sp³-hybridized carbons (Fsp3) is 0.350. The molecule has 0 amide bonds. The first-order valence-electron chi connectivity index (χ1n) is 10.1. The summed E-state index contributed by atoms with van der Waals surface area (Å²) in [6.07, 6.45) is -4.50. The molecule has 4 N–H and O–H groups in total. The first-order chi connectivity index (χ1) is 16.9. The fourth-order valence-corrected chi connectivity index (χ4v) is 4.15. The van der Waals surface area contributed by atoms with Crippen molar-refractivity contribution in [1.82, 2.24) is 19.5 Å². The molecule has 36 heavy (non-hydrogen) atoms. The molecule has 16 heteroatoms. The van der Waals surface area contributed by atoms with Gasteiger partial charge < -0.3 is 25.4 Å². The normalized spacial score (nSPS) is 20.2. The van der Waals surface area contributed by atoms with Gasteiger partial charge in [-0.2, -0.15) is 9.97 Å². The lowest BCUT2D eigenvalue weighted by Gasteiger charge is -2.27. The molecule has 1 aliphatic rings. The van der Waals surface area contributed by atoms with Crippen LogP contribution >= 0.6 is 23.2 Å². The molecular formula is C20H16Cl2F3N5O6. The molecule has 4 rings (SSSR count). The van der Waals surface area contributed by atoms with Crippen LogP contribution in [0.1, 0.15) is 18.2 Å². The van der Waals surface area contributed by atoms with Gasteiger partial charge in [-0.1, -0.05) is 11.6 Å². The summed E-state index contributed by atoms with van der Waals surface area (Å²) >= 11 is 11.4. The van der Waals surface area contributed by atoms with Gasteiger partial charge in [-0.25, -0.2) is 27.7 Å². The number of anilines is 1. The molecular weight excluding hydrogens is 534 g/mol. The maximum absolute atomic E-state index is 14.9. The molecule has 1 fully saturated rings. The smallest absolute Gasteiger partial charge is 0.348 e.